The number of aromatic hydroxyl groups is 1. The number of nitrogens with zero attached hydrogens (tertiary/aromatic N) is 1. The highest BCUT2D eigenvalue weighted by Crippen LogP contribution is 2.44. The molecule has 116 valence electrons. The monoisotopic (exact) mass is 299 g/mol. The molecule has 0 saturated heterocycles. The first-order chi connectivity index (χ1) is 10.7. The Morgan fingerprint density at radius 1 is 1.14 bits per heavy atom. The van der Waals surface area contributed by atoms with Crippen molar-refractivity contribution in [2.75, 3.05) is 27.8 Å². The summed E-state index contributed by atoms with van der Waals surface area (Å²) in [6, 6.07) is 11.8. The van der Waals surface area contributed by atoms with E-state index in [1.807, 2.05) is 12.1 Å². The Labute approximate surface area is 130 Å². The van der Waals surface area contributed by atoms with E-state index in [9.17, 15) is 5.11 Å². The van der Waals surface area contributed by atoms with Gasteiger partial charge in [0, 0.05) is 18.7 Å². The van der Waals surface area contributed by atoms with E-state index >= 15 is 0 Å². The van der Waals surface area contributed by atoms with Crippen LogP contribution in [0.25, 0.3) is 0 Å². The number of fused-ring (bicyclic) bond motifs is 1. The van der Waals surface area contributed by atoms with Gasteiger partial charge in [-0.3, -0.25) is 4.90 Å². The molecule has 2 aromatic carbocycles. The topological polar surface area (TPSA) is 41.9 Å². The minimum absolute atomic E-state index is 0.0224. The zero-order valence-corrected chi connectivity index (χ0v) is 13.2. The van der Waals surface area contributed by atoms with Crippen LogP contribution in [0.15, 0.2) is 36.4 Å². The van der Waals surface area contributed by atoms with Crippen LogP contribution in [0.3, 0.4) is 0 Å². The second kappa shape index (κ2) is 5.89. The average Bonchev–Trinajstić information content (AvgIpc) is 2.55. The third-order valence-electron chi connectivity index (χ3n) is 4.35. The van der Waals surface area contributed by atoms with Crippen LogP contribution in [0.1, 0.15) is 22.7 Å². The summed E-state index contributed by atoms with van der Waals surface area (Å²) in [6.07, 6.45) is 1.02. The molecule has 0 saturated carbocycles. The van der Waals surface area contributed by atoms with Crippen LogP contribution >= 0.6 is 0 Å². The third-order valence-corrected chi connectivity index (χ3v) is 4.35. The van der Waals surface area contributed by atoms with Gasteiger partial charge in [-0.25, -0.2) is 0 Å². The Balaban J connectivity index is 2.18. The highest BCUT2D eigenvalue weighted by Gasteiger charge is 2.31. The molecule has 1 aliphatic rings. The van der Waals surface area contributed by atoms with Crippen LogP contribution in [0.5, 0.6) is 17.2 Å². The summed E-state index contributed by atoms with van der Waals surface area (Å²) < 4.78 is 10.7. The number of hydrogen-bond acceptors (Lipinski definition) is 4. The lowest BCUT2D eigenvalue weighted by atomic mass is 9.87. The summed E-state index contributed by atoms with van der Waals surface area (Å²) >= 11 is 0. The summed E-state index contributed by atoms with van der Waals surface area (Å²) in [6.45, 7) is 0.941. The lowest BCUT2D eigenvalue weighted by Gasteiger charge is -2.35. The van der Waals surface area contributed by atoms with Gasteiger partial charge >= 0.3 is 0 Å². The molecular formula is C18H21NO3. The van der Waals surface area contributed by atoms with E-state index < -0.39 is 0 Å². The molecule has 4 heteroatoms. The van der Waals surface area contributed by atoms with Gasteiger partial charge in [0.1, 0.15) is 17.2 Å². The van der Waals surface area contributed by atoms with Crippen molar-refractivity contribution >= 4 is 0 Å². The van der Waals surface area contributed by atoms with Crippen LogP contribution in [-0.2, 0) is 6.42 Å². The Hall–Kier alpha value is -2.20. The van der Waals surface area contributed by atoms with Gasteiger partial charge in [-0.05, 0) is 24.6 Å². The number of methoxy groups -OCH3 is 2. The lowest BCUT2D eigenvalue weighted by Crippen LogP contribution is -2.33. The Bertz CT molecular complexity index is 684. The van der Waals surface area contributed by atoms with Crippen LogP contribution in [0.4, 0.5) is 0 Å². The normalized spacial score (nSPS) is 17.9. The molecule has 1 atom stereocenters. The zero-order chi connectivity index (χ0) is 15.7. The Kier molecular flexibility index (Phi) is 3.94. The molecule has 4 nitrogen and oxygen atoms in total. The van der Waals surface area contributed by atoms with Gasteiger partial charge in [0.2, 0.25) is 0 Å². The highest BCUT2D eigenvalue weighted by atomic mass is 16.5. The summed E-state index contributed by atoms with van der Waals surface area (Å²) in [4.78, 5) is 2.24. The maximum absolute atomic E-state index is 10.5. The Morgan fingerprint density at radius 3 is 2.64 bits per heavy atom. The summed E-state index contributed by atoms with van der Waals surface area (Å²) in [5, 5.41) is 10.5. The molecule has 0 fully saturated rings. The molecule has 0 amide bonds. The zero-order valence-electron chi connectivity index (χ0n) is 13.2. The van der Waals surface area contributed by atoms with Crippen molar-refractivity contribution in [3.8, 4) is 17.2 Å². The van der Waals surface area contributed by atoms with Crippen molar-refractivity contribution in [1.29, 1.82) is 0 Å². The number of phenolic OH excluding ortho intramolecular Hbond substituents is 1. The van der Waals surface area contributed by atoms with Crippen molar-refractivity contribution in [1.82, 2.24) is 4.90 Å². The van der Waals surface area contributed by atoms with E-state index in [0.717, 1.165) is 18.5 Å². The molecule has 0 aromatic heterocycles. The first kappa shape index (κ1) is 14.7. The third kappa shape index (κ3) is 2.40. The number of benzene rings is 2. The maximum atomic E-state index is 10.5. The van der Waals surface area contributed by atoms with E-state index in [4.69, 9.17) is 9.47 Å². The van der Waals surface area contributed by atoms with Gasteiger partial charge < -0.3 is 14.6 Å². The highest BCUT2D eigenvalue weighted by molar-refractivity contribution is 5.55. The van der Waals surface area contributed by atoms with Gasteiger partial charge in [-0.2, -0.15) is 0 Å². The summed E-state index contributed by atoms with van der Waals surface area (Å²) in [7, 11) is 5.27. The van der Waals surface area contributed by atoms with Crippen LogP contribution in [0, 0.1) is 0 Å². The number of hydrogen-bond donors (Lipinski definition) is 1. The first-order valence-corrected chi connectivity index (χ1v) is 7.38. The Morgan fingerprint density at radius 2 is 1.91 bits per heavy atom. The van der Waals surface area contributed by atoms with Gasteiger partial charge in [0.05, 0.1) is 25.8 Å². The van der Waals surface area contributed by atoms with E-state index in [1.165, 1.54) is 11.1 Å². The maximum Gasteiger partial charge on any atom is 0.131 e. The number of ether oxygens (including phenoxy) is 2. The predicted molar refractivity (Wildman–Crippen MR) is 85.8 cm³/mol. The lowest BCUT2D eigenvalue weighted by molar-refractivity contribution is 0.252. The quantitative estimate of drug-likeness (QED) is 0.946. The molecule has 0 radical (unpaired) electrons. The van der Waals surface area contributed by atoms with Crippen molar-refractivity contribution in [3.63, 3.8) is 0 Å². The summed E-state index contributed by atoms with van der Waals surface area (Å²) in [5.74, 6) is 1.43. The fourth-order valence-electron chi connectivity index (χ4n) is 3.22. The predicted octanol–water partition coefficient (Wildman–Crippen LogP) is 2.99. The van der Waals surface area contributed by atoms with Crippen LogP contribution in [0.2, 0.25) is 0 Å². The molecule has 1 N–H and O–H groups in total. The molecule has 3 rings (SSSR count). The molecule has 0 bridgehead atoms. The molecule has 2 aromatic rings. The molecule has 22 heavy (non-hydrogen) atoms. The van der Waals surface area contributed by atoms with Gasteiger partial charge in [0.15, 0.2) is 0 Å². The summed E-state index contributed by atoms with van der Waals surface area (Å²) in [5.41, 5.74) is 3.33. The number of rotatable bonds is 3. The van der Waals surface area contributed by atoms with Crippen molar-refractivity contribution in [2.45, 2.75) is 12.5 Å². The molecule has 1 heterocycles. The second-order valence-electron chi connectivity index (χ2n) is 5.59. The SMILES string of the molecule is COc1cc(O)c(C2c3ccccc3CCN2C)c(OC)c1. The first-order valence-electron chi connectivity index (χ1n) is 7.38. The molecule has 1 aliphatic heterocycles. The number of likely N-dealkylation sites (N-methyl/N-ethyl adjacent to an activating group) is 1. The standard InChI is InChI=1S/C18H21NO3/c1-19-9-8-12-6-4-5-7-14(12)18(19)17-15(20)10-13(21-2)11-16(17)22-3/h4-7,10-11,18,20H,8-9H2,1-3H3. The minimum Gasteiger partial charge on any atom is -0.507 e. The smallest absolute Gasteiger partial charge is 0.131 e. The average molecular weight is 299 g/mol. The molecular weight excluding hydrogens is 278 g/mol. The van der Waals surface area contributed by atoms with Crippen molar-refractivity contribution in [2.24, 2.45) is 0 Å². The van der Waals surface area contributed by atoms with Crippen molar-refractivity contribution in [3.05, 3.63) is 53.1 Å². The number of phenols is 1. The fraction of sp³-hybridized carbons (Fsp3) is 0.333. The van der Waals surface area contributed by atoms with Crippen LogP contribution in [-0.4, -0.2) is 37.8 Å². The van der Waals surface area contributed by atoms with Gasteiger partial charge in [-0.15, -0.1) is 0 Å². The molecule has 1 unspecified atom stereocenters. The van der Waals surface area contributed by atoms with Crippen LogP contribution < -0.4 is 9.47 Å². The molecule has 0 spiro atoms. The van der Waals surface area contributed by atoms with E-state index in [0.29, 0.717) is 11.5 Å². The van der Waals surface area contributed by atoms with Gasteiger partial charge in [-0.1, -0.05) is 24.3 Å². The largest absolute Gasteiger partial charge is 0.507 e. The van der Waals surface area contributed by atoms with E-state index in [2.05, 4.69) is 30.1 Å². The minimum atomic E-state index is -0.0224. The second-order valence-corrected chi connectivity index (χ2v) is 5.59. The van der Waals surface area contributed by atoms with E-state index in [-0.39, 0.29) is 11.8 Å². The fourth-order valence-corrected chi connectivity index (χ4v) is 3.22. The van der Waals surface area contributed by atoms with Crippen molar-refractivity contribution < 1.29 is 14.6 Å². The molecule has 0 aliphatic carbocycles. The van der Waals surface area contributed by atoms with E-state index in [1.54, 1.807) is 20.3 Å². The van der Waals surface area contributed by atoms with Gasteiger partial charge in [0.25, 0.3) is 0 Å².